The molecule has 0 atom stereocenters. The van der Waals surface area contributed by atoms with Crippen LogP contribution in [-0.4, -0.2) is 66.9 Å². The number of aryl methyl sites for hydroxylation is 2. The summed E-state index contributed by atoms with van der Waals surface area (Å²) in [7, 11) is -3.74. The van der Waals surface area contributed by atoms with Gasteiger partial charge in [-0.15, -0.1) is 0 Å². The minimum Gasteiger partial charge on any atom is -0.337 e. The molecular weight excluding hydrogens is 457 g/mol. The van der Waals surface area contributed by atoms with Gasteiger partial charge in [0.25, 0.3) is 0 Å². The minimum absolute atomic E-state index is 0.00985. The number of hydrogen-bond donors (Lipinski definition) is 2. The first-order valence-corrected chi connectivity index (χ1v) is 13.2. The molecule has 4 rings (SSSR count). The summed E-state index contributed by atoms with van der Waals surface area (Å²) in [6.07, 6.45) is 3.13. The Hall–Kier alpha value is -2.56. The predicted molar refractivity (Wildman–Crippen MR) is 129 cm³/mol. The summed E-state index contributed by atoms with van der Waals surface area (Å²) in [5.74, 6) is -0.544. The molecule has 0 radical (unpaired) electrons. The Morgan fingerprint density at radius 1 is 1.09 bits per heavy atom. The molecule has 0 unspecified atom stereocenters. The minimum atomic E-state index is -3.74. The third-order valence-electron chi connectivity index (χ3n) is 6.25. The van der Waals surface area contributed by atoms with Crippen LogP contribution < -0.4 is 10.6 Å². The lowest BCUT2D eigenvalue weighted by molar-refractivity contribution is 0.156. The lowest BCUT2D eigenvalue weighted by Gasteiger charge is -2.38. The number of anilines is 1. The quantitative estimate of drug-likeness (QED) is 0.594. The Labute approximate surface area is 200 Å². The summed E-state index contributed by atoms with van der Waals surface area (Å²) in [6, 6.07) is 8.56. The number of carbonyl (C=O) groups excluding carboxylic acids is 1. The number of nitrogens with zero attached hydrogens (tertiary/aromatic N) is 3. The summed E-state index contributed by atoms with van der Waals surface area (Å²) in [6.45, 7) is 6.44. The van der Waals surface area contributed by atoms with E-state index in [9.17, 15) is 17.6 Å². The molecule has 1 aromatic carbocycles. The highest BCUT2D eigenvalue weighted by Crippen LogP contribution is 2.36. The maximum Gasteiger partial charge on any atom is 0.319 e. The molecule has 10 heteroatoms. The second kappa shape index (κ2) is 10.4. The lowest BCUT2D eigenvalue weighted by atomic mass is 10.0. The summed E-state index contributed by atoms with van der Waals surface area (Å²) in [4.78, 5) is 18.8. The van der Waals surface area contributed by atoms with E-state index in [0.29, 0.717) is 31.6 Å². The summed E-state index contributed by atoms with van der Waals surface area (Å²) < 4.78 is 41.9. The van der Waals surface area contributed by atoms with E-state index in [-0.39, 0.29) is 23.0 Å². The highest BCUT2D eigenvalue weighted by molar-refractivity contribution is 7.89. The van der Waals surface area contributed by atoms with Gasteiger partial charge in [-0.3, -0.25) is 4.98 Å². The monoisotopic (exact) mass is 489 g/mol. The number of likely N-dealkylation sites (tertiary alicyclic amines) is 1. The lowest BCUT2D eigenvalue weighted by Crippen LogP contribution is -2.49. The van der Waals surface area contributed by atoms with Crippen LogP contribution in [0.3, 0.4) is 0 Å². The maximum atomic E-state index is 13.7. The summed E-state index contributed by atoms with van der Waals surface area (Å²) in [5, 5.41) is 5.71. The van der Waals surface area contributed by atoms with Crippen molar-refractivity contribution in [1.29, 1.82) is 0 Å². The van der Waals surface area contributed by atoms with E-state index in [2.05, 4.69) is 20.5 Å². The van der Waals surface area contributed by atoms with E-state index in [4.69, 9.17) is 0 Å². The molecular formula is C24H32FN5O3S. The van der Waals surface area contributed by atoms with Gasteiger partial charge in [-0.05, 0) is 83.0 Å². The molecule has 2 N–H and O–H groups in total. The van der Waals surface area contributed by atoms with Crippen molar-refractivity contribution in [3.05, 3.63) is 53.6 Å². The zero-order valence-corrected chi connectivity index (χ0v) is 20.4. The van der Waals surface area contributed by atoms with E-state index in [0.717, 1.165) is 43.4 Å². The number of piperidine rings is 1. The van der Waals surface area contributed by atoms with Gasteiger partial charge in [-0.25, -0.2) is 17.6 Å². The molecule has 1 aromatic heterocycles. The van der Waals surface area contributed by atoms with Gasteiger partial charge >= 0.3 is 6.03 Å². The number of halogens is 1. The molecule has 2 heterocycles. The number of nitrogens with one attached hydrogen (secondary N) is 2. The molecule has 184 valence electrons. The number of pyridine rings is 1. The van der Waals surface area contributed by atoms with Crippen LogP contribution in [0.4, 0.5) is 14.9 Å². The van der Waals surface area contributed by atoms with E-state index >= 15 is 0 Å². The summed E-state index contributed by atoms with van der Waals surface area (Å²) in [5.41, 5.74) is 2.40. The van der Waals surface area contributed by atoms with E-state index < -0.39 is 15.8 Å². The second-order valence-corrected chi connectivity index (χ2v) is 11.0. The van der Waals surface area contributed by atoms with Gasteiger partial charge in [0.1, 0.15) is 5.82 Å². The fourth-order valence-corrected chi connectivity index (χ4v) is 6.54. The van der Waals surface area contributed by atoms with Crippen LogP contribution in [0, 0.1) is 19.7 Å². The molecule has 1 saturated carbocycles. The molecule has 2 amide bonds. The molecule has 1 saturated heterocycles. The smallest absolute Gasteiger partial charge is 0.319 e. The number of urea groups is 1. The number of sulfonamides is 1. The number of rotatable bonds is 8. The van der Waals surface area contributed by atoms with Gasteiger partial charge < -0.3 is 15.5 Å². The van der Waals surface area contributed by atoms with Gasteiger partial charge in [0.05, 0.1) is 4.90 Å². The zero-order valence-electron chi connectivity index (χ0n) is 19.6. The average Bonchev–Trinajstić information content (AvgIpc) is 3.59. The fourth-order valence-electron chi connectivity index (χ4n) is 4.58. The molecule has 8 nitrogen and oxygen atoms in total. The number of amides is 2. The molecule has 2 fully saturated rings. The number of hydrogen-bond acceptors (Lipinski definition) is 5. The molecule has 2 aromatic rings. The largest absolute Gasteiger partial charge is 0.337 e. The first kappa shape index (κ1) is 24.6. The van der Waals surface area contributed by atoms with Gasteiger partial charge in [0.15, 0.2) is 0 Å². The van der Waals surface area contributed by atoms with E-state index in [1.807, 2.05) is 26.0 Å². The third-order valence-corrected chi connectivity index (χ3v) is 8.25. The molecule has 1 aliphatic heterocycles. The van der Waals surface area contributed by atoms with Gasteiger partial charge in [0.2, 0.25) is 10.0 Å². The first-order valence-electron chi connectivity index (χ1n) is 11.7. The van der Waals surface area contributed by atoms with Crippen molar-refractivity contribution in [1.82, 2.24) is 19.5 Å². The molecule has 0 bridgehead atoms. The van der Waals surface area contributed by atoms with Crippen molar-refractivity contribution >= 4 is 21.7 Å². The van der Waals surface area contributed by atoms with Crippen molar-refractivity contribution < 1.29 is 17.6 Å². The fraction of sp³-hybridized carbons (Fsp3) is 0.500. The highest BCUT2D eigenvalue weighted by Gasteiger charge is 2.43. The van der Waals surface area contributed by atoms with Crippen molar-refractivity contribution in [2.75, 3.05) is 31.5 Å². The molecule has 34 heavy (non-hydrogen) atoms. The van der Waals surface area contributed by atoms with Crippen molar-refractivity contribution in [2.24, 2.45) is 0 Å². The Balaban J connectivity index is 1.26. The SMILES string of the molecule is Cc1cc(NC(=O)NCCN2CCC(N(C3CC3)S(=O)(=O)c3cccc(F)c3)CC2)cc(C)n1. The van der Waals surface area contributed by atoms with E-state index in [1.54, 1.807) is 4.31 Å². The number of benzene rings is 1. The topological polar surface area (TPSA) is 94.6 Å². The van der Waals surface area contributed by atoms with Gasteiger partial charge in [-0.1, -0.05) is 6.07 Å². The number of aromatic nitrogens is 1. The van der Waals surface area contributed by atoms with Crippen LogP contribution >= 0.6 is 0 Å². The Morgan fingerprint density at radius 2 is 1.74 bits per heavy atom. The summed E-state index contributed by atoms with van der Waals surface area (Å²) >= 11 is 0. The van der Waals surface area contributed by atoms with Crippen LogP contribution in [0.15, 0.2) is 41.3 Å². The molecule has 2 aliphatic rings. The Kier molecular flexibility index (Phi) is 7.49. The van der Waals surface area contributed by atoms with Crippen LogP contribution in [0.5, 0.6) is 0 Å². The first-order chi connectivity index (χ1) is 16.2. The average molecular weight is 490 g/mol. The highest BCUT2D eigenvalue weighted by atomic mass is 32.2. The zero-order chi connectivity index (χ0) is 24.3. The van der Waals surface area contributed by atoms with Crippen LogP contribution in [0.25, 0.3) is 0 Å². The predicted octanol–water partition coefficient (Wildman–Crippen LogP) is 3.28. The Bertz CT molecular complexity index is 1110. The maximum absolute atomic E-state index is 13.7. The molecule has 1 aliphatic carbocycles. The van der Waals surface area contributed by atoms with E-state index in [1.165, 1.54) is 18.2 Å². The van der Waals surface area contributed by atoms with Crippen molar-refractivity contribution in [3.8, 4) is 0 Å². The van der Waals surface area contributed by atoms with Crippen molar-refractivity contribution in [2.45, 2.75) is 56.5 Å². The third kappa shape index (κ3) is 6.11. The van der Waals surface area contributed by atoms with Crippen LogP contribution in [0.2, 0.25) is 0 Å². The normalized spacial score (nSPS) is 17.6. The second-order valence-electron chi connectivity index (χ2n) is 9.12. The molecule has 0 spiro atoms. The number of carbonyl (C=O) groups is 1. The Morgan fingerprint density at radius 3 is 2.35 bits per heavy atom. The van der Waals surface area contributed by atoms with Gasteiger partial charge in [-0.2, -0.15) is 4.31 Å². The standard InChI is InChI=1S/C24H32FN5O3S/c1-17-14-20(15-18(2)27-17)28-24(31)26-10-13-29-11-8-22(9-12-29)30(21-6-7-21)34(32,33)23-5-3-4-19(25)16-23/h3-5,14-16,21-22H,6-13H2,1-2H3,(H2,26,27,28,31). The van der Waals surface area contributed by atoms with Gasteiger partial charge in [0, 0.05) is 42.2 Å². The van der Waals surface area contributed by atoms with Crippen LogP contribution in [0.1, 0.15) is 37.1 Å². The van der Waals surface area contributed by atoms with Crippen LogP contribution in [-0.2, 0) is 10.0 Å². The van der Waals surface area contributed by atoms with Crippen molar-refractivity contribution in [3.63, 3.8) is 0 Å².